The fourth-order valence-electron chi connectivity index (χ4n) is 3.58. The summed E-state index contributed by atoms with van der Waals surface area (Å²) in [5, 5.41) is 29.8. The summed E-state index contributed by atoms with van der Waals surface area (Å²) in [7, 11) is 0. The van der Waals surface area contributed by atoms with Crippen molar-refractivity contribution in [2.24, 2.45) is 4.99 Å². The number of rotatable bonds is 3. The van der Waals surface area contributed by atoms with Gasteiger partial charge >= 0.3 is 0 Å². The van der Waals surface area contributed by atoms with Gasteiger partial charge in [0.2, 0.25) is 6.19 Å². The van der Waals surface area contributed by atoms with E-state index in [1.165, 1.54) is 0 Å². The molecule has 0 spiro atoms. The van der Waals surface area contributed by atoms with Crippen LogP contribution in [0.5, 0.6) is 5.75 Å². The summed E-state index contributed by atoms with van der Waals surface area (Å²) >= 11 is 0. The first-order valence-corrected chi connectivity index (χ1v) is 9.13. The molecule has 2 atom stereocenters. The molecule has 1 heterocycles. The minimum atomic E-state index is -0.901. The zero-order chi connectivity index (χ0) is 20.3. The summed E-state index contributed by atoms with van der Waals surface area (Å²) in [6.45, 7) is 6.09. The number of nitriles is 2. The van der Waals surface area contributed by atoms with Crippen molar-refractivity contribution in [3.8, 4) is 18.0 Å². The number of aliphatic imine (C=N–C) groups is 1. The number of benzene rings is 2. The second kappa shape index (κ2) is 7.72. The van der Waals surface area contributed by atoms with Crippen LogP contribution in [0.1, 0.15) is 43.5 Å². The molecule has 0 saturated carbocycles. The molecular formula is C22H22N4O2. The van der Waals surface area contributed by atoms with Crippen molar-refractivity contribution in [1.82, 2.24) is 4.90 Å². The van der Waals surface area contributed by atoms with Gasteiger partial charge in [-0.05, 0) is 39.0 Å². The number of amidine groups is 1. The van der Waals surface area contributed by atoms with Gasteiger partial charge in [0, 0.05) is 17.7 Å². The average Bonchev–Trinajstić information content (AvgIpc) is 2.70. The number of aliphatic hydroxyl groups excluding tert-OH is 1. The Balaban J connectivity index is 2.19. The van der Waals surface area contributed by atoms with Crippen LogP contribution in [0.15, 0.2) is 53.5 Å². The van der Waals surface area contributed by atoms with Gasteiger partial charge < -0.3 is 14.7 Å². The van der Waals surface area contributed by atoms with Crippen molar-refractivity contribution in [3.05, 3.63) is 65.2 Å². The number of hydrogen-bond acceptors (Lipinski definition) is 5. The van der Waals surface area contributed by atoms with Gasteiger partial charge in [-0.15, -0.1) is 0 Å². The first kappa shape index (κ1) is 19.4. The average molecular weight is 374 g/mol. The minimum absolute atomic E-state index is 0.473. The predicted octanol–water partition coefficient (Wildman–Crippen LogP) is 3.38. The van der Waals surface area contributed by atoms with Crippen LogP contribution in [0.3, 0.4) is 0 Å². The second-order valence-corrected chi connectivity index (χ2v) is 7.15. The van der Waals surface area contributed by atoms with Crippen molar-refractivity contribution in [2.75, 3.05) is 6.54 Å². The molecule has 1 N–H and O–H groups in total. The standard InChI is InChI=1S/C22H22N4O2/c1-4-26(21(25-14-24)16-8-6-5-7-9-16)19-17-12-15(13-23)10-11-18(17)28-22(2,3)20(19)27/h5-12,19-20,27H,4H2,1-3H3/t19-,20+/m0/s1. The lowest BCUT2D eigenvalue weighted by atomic mass is 9.84. The molecule has 1 aliphatic rings. The molecule has 2 aromatic carbocycles. The molecule has 3 rings (SSSR count). The van der Waals surface area contributed by atoms with Crippen LogP contribution in [0.2, 0.25) is 0 Å². The second-order valence-electron chi connectivity index (χ2n) is 7.15. The molecule has 0 aromatic heterocycles. The normalized spacial score (nSPS) is 20.3. The number of nitrogens with zero attached hydrogens (tertiary/aromatic N) is 4. The van der Waals surface area contributed by atoms with Crippen molar-refractivity contribution in [1.29, 1.82) is 10.5 Å². The highest BCUT2D eigenvalue weighted by Crippen LogP contribution is 2.43. The van der Waals surface area contributed by atoms with Crippen molar-refractivity contribution in [3.63, 3.8) is 0 Å². The van der Waals surface area contributed by atoms with E-state index >= 15 is 0 Å². The Morgan fingerprint density at radius 2 is 1.93 bits per heavy atom. The highest BCUT2D eigenvalue weighted by Gasteiger charge is 2.46. The summed E-state index contributed by atoms with van der Waals surface area (Å²) in [6, 6.07) is 16.2. The fraction of sp³-hybridized carbons (Fsp3) is 0.318. The molecule has 28 heavy (non-hydrogen) atoms. The smallest absolute Gasteiger partial charge is 0.207 e. The first-order valence-electron chi connectivity index (χ1n) is 9.13. The van der Waals surface area contributed by atoms with E-state index in [0.29, 0.717) is 29.3 Å². The molecule has 0 radical (unpaired) electrons. The number of ether oxygens (including phenoxy) is 1. The highest BCUT2D eigenvalue weighted by atomic mass is 16.5. The maximum atomic E-state index is 11.2. The van der Waals surface area contributed by atoms with Crippen LogP contribution in [0, 0.1) is 22.8 Å². The minimum Gasteiger partial charge on any atom is -0.485 e. The van der Waals surface area contributed by atoms with Gasteiger partial charge in [-0.2, -0.15) is 15.5 Å². The quantitative estimate of drug-likeness (QED) is 0.505. The summed E-state index contributed by atoms with van der Waals surface area (Å²) in [6.07, 6.45) is 0.982. The molecule has 0 fully saturated rings. The predicted molar refractivity (Wildman–Crippen MR) is 106 cm³/mol. The zero-order valence-electron chi connectivity index (χ0n) is 16.1. The highest BCUT2D eigenvalue weighted by molar-refractivity contribution is 5.99. The fourth-order valence-corrected chi connectivity index (χ4v) is 3.58. The van der Waals surface area contributed by atoms with Gasteiger partial charge in [0.25, 0.3) is 0 Å². The van der Waals surface area contributed by atoms with Gasteiger partial charge in [0.05, 0.1) is 17.7 Å². The van der Waals surface area contributed by atoms with Crippen molar-refractivity contribution in [2.45, 2.75) is 38.5 Å². The van der Waals surface area contributed by atoms with Gasteiger partial charge in [0.1, 0.15) is 23.3 Å². The van der Waals surface area contributed by atoms with E-state index in [2.05, 4.69) is 11.1 Å². The summed E-state index contributed by atoms with van der Waals surface area (Å²) in [4.78, 5) is 5.97. The Bertz CT molecular complexity index is 970. The summed E-state index contributed by atoms with van der Waals surface area (Å²) < 4.78 is 6.01. The number of hydrogen-bond donors (Lipinski definition) is 1. The molecule has 0 saturated heterocycles. The third-order valence-electron chi connectivity index (χ3n) is 4.98. The lowest BCUT2D eigenvalue weighted by Crippen LogP contribution is -2.54. The van der Waals surface area contributed by atoms with E-state index in [1.54, 1.807) is 18.2 Å². The molecule has 6 nitrogen and oxygen atoms in total. The van der Waals surface area contributed by atoms with Crippen LogP contribution in [-0.2, 0) is 0 Å². The number of likely N-dealkylation sites (N-methyl/N-ethyl adjacent to an activating group) is 1. The van der Waals surface area contributed by atoms with E-state index < -0.39 is 17.7 Å². The monoisotopic (exact) mass is 374 g/mol. The van der Waals surface area contributed by atoms with Crippen LogP contribution in [0.4, 0.5) is 0 Å². The number of fused-ring (bicyclic) bond motifs is 1. The molecule has 2 aromatic rings. The lowest BCUT2D eigenvalue weighted by Gasteiger charge is -2.47. The SMILES string of the molecule is CCN(C(=NC#N)c1ccccc1)[C@H]1c2cc(C#N)ccc2OC(C)(C)[C@@H]1O. The Kier molecular flexibility index (Phi) is 5.35. The van der Waals surface area contributed by atoms with E-state index in [-0.39, 0.29) is 0 Å². The van der Waals surface area contributed by atoms with Gasteiger partial charge in [-0.25, -0.2) is 0 Å². The van der Waals surface area contributed by atoms with Crippen molar-refractivity contribution >= 4 is 5.84 Å². The Labute approximate surface area is 164 Å². The van der Waals surface area contributed by atoms with E-state index in [0.717, 1.165) is 5.56 Å². The topological polar surface area (TPSA) is 92.6 Å². The maximum Gasteiger partial charge on any atom is 0.207 e. The molecule has 1 aliphatic heterocycles. The van der Waals surface area contributed by atoms with Gasteiger partial charge in [0.15, 0.2) is 0 Å². The summed E-state index contributed by atoms with van der Waals surface area (Å²) in [5.41, 5.74) is 1.11. The third-order valence-corrected chi connectivity index (χ3v) is 4.98. The van der Waals surface area contributed by atoms with Crippen LogP contribution in [-0.4, -0.2) is 34.1 Å². The largest absolute Gasteiger partial charge is 0.485 e. The van der Waals surface area contributed by atoms with E-state index in [1.807, 2.05) is 62.2 Å². The van der Waals surface area contributed by atoms with Crippen LogP contribution < -0.4 is 4.74 Å². The Hall–Kier alpha value is -3.35. The lowest BCUT2D eigenvalue weighted by molar-refractivity contribution is -0.0809. The maximum absolute atomic E-state index is 11.2. The molecule has 0 aliphatic carbocycles. The van der Waals surface area contributed by atoms with Gasteiger partial charge in [-0.1, -0.05) is 30.3 Å². The van der Waals surface area contributed by atoms with E-state index in [4.69, 9.17) is 4.74 Å². The molecule has 0 unspecified atom stereocenters. The first-order chi connectivity index (χ1) is 13.4. The van der Waals surface area contributed by atoms with Crippen LogP contribution >= 0.6 is 0 Å². The molecule has 142 valence electrons. The summed E-state index contributed by atoms with van der Waals surface area (Å²) in [5.74, 6) is 1.09. The van der Waals surface area contributed by atoms with Crippen molar-refractivity contribution < 1.29 is 9.84 Å². The van der Waals surface area contributed by atoms with Gasteiger partial charge in [-0.3, -0.25) is 0 Å². The molecule has 0 amide bonds. The number of aliphatic hydroxyl groups is 1. The third kappa shape index (κ3) is 3.43. The molecular weight excluding hydrogens is 352 g/mol. The Morgan fingerprint density at radius 3 is 2.54 bits per heavy atom. The molecule has 6 heteroatoms. The molecule has 0 bridgehead atoms. The Morgan fingerprint density at radius 1 is 1.21 bits per heavy atom. The zero-order valence-corrected chi connectivity index (χ0v) is 16.1. The van der Waals surface area contributed by atoms with Crippen LogP contribution in [0.25, 0.3) is 0 Å². The van der Waals surface area contributed by atoms with E-state index in [9.17, 15) is 15.6 Å².